The summed E-state index contributed by atoms with van der Waals surface area (Å²) in [7, 11) is 1.79. The topological polar surface area (TPSA) is 92.9 Å². The Kier molecular flexibility index (Phi) is 7.75. The molecule has 2 N–H and O–H groups in total. The molecule has 2 aromatic rings. The second kappa shape index (κ2) is 10.8. The number of thioether (sulfide) groups is 1. The molecule has 8 nitrogen and oxygen atoms in total. The van der Waals surface area contributed by atoms with Crippen molar-refractivity contribution in [2.24, 2.45) is 5.92 Å². The zero-order valence-corrected chi connectivity index (χ0v) is 24.2. The molecule has 0 bridgehead atoms. The van der Waals surface area contributed by atoms with Gasteiger partial charge in [-0.15, -0.1) is 11.8 Å². The number of methoxy groups -OCH3 is 1. The molecule has 1 aromatic heterocycles. The first-order chi connectivity index (χ1) is 18.1. The van der Waals surface area contributed by atoms with Gasteiger partial charge in [-0.05, 0) is 71.0 Å². The summed E-state index contributed by atoms with van der Waals surface area (Å²) >= 11 is 8.10. The largest absolute Gasteiger partial charge is 0.448 e. The third kappa shape index (κ3) is 5.06. The number of rotatable bonds is 7. The lowest BCUT2D eigenvalue weighted by atomic mass is 9.83. The van der Waals surface area contributed by atoms with Crippen LogP contribution in [0.2, 0.25) is 5.02 Å². The predicted molar refractivity (Wildman–Crippen MR) is 149 cm³/mol. The monoisotopic (exact) mass is 561 g/mol. The van der Waals surface area contributed by atoms with Gasteiger partial charge in [0, 0.05) is 59.8 Å². The molecule has 1 saturated carbocycles. The van der Waals surface area contributed by atoms with E-state index in [1.54, 1.807) is 13.2 Å². The van der Waals surface area contributed by atoms with E-state index < -0.39 is 5.79 Å². The van der Waals surface area contributed by atoms with Crippen LogP contribution in [0.1, 0.15) is 59.8 Å². The number of carbonyl (C=O) groups excluding carboxylic acids is 1. The highest BCUT2D eigenvalue weighted by molar-refractivity contribution is 7.98. The minimum Gasteiger partial charge on any atom is -0.448 e. The molecule has 3 heterocycles. The van der Waals surface area contributed by atoms with Gasteiger partial charge in [0.25, 0.3) is 17.3 Å². The quantitative estimate of drug-likeness (QED) is 0.474. The molecule has 1 amide bonds. The summed E-state index contributed by atoms with van der Waals surface area (Å²) < 4.78 is 18.3. The number of pyridine rings is 1. The van der Waals surface area contributed by atoms with Crippen LogP contribution in [0, 0.1) is 19.8 Å². The molecule has 5 rings (SSSR count). The van der Waals surface area contributed by atoms with Gasteiger partial charge in [-0.1, -0.05) is 11.6 Å². The number of hydrogen-bond acceptors (Lipinski definition) is 7. The minimum absolute atomic E-state index is 0.110. The van der Waals surface area contributed by atoms with Crippen molar-refractivity contribution < 1.29 is 19.0 Å². The predicted octanol–water partition coefficient (Wildman–Crippen LogP) is 4.67. The Bertz CT molecular complexity index is 1290. The van der Waals surface area contributed by atoms with Crippen LogP contribution in [0.3, 0.4) is 0 Å². The van der Waals surface area contributed by atoms with Gasteiger partial charge in [-0.2, -0.15) is 0 Å². The Morgan fingerprint density at radius 1 is 1.24 bits per heavy atom. The molecule has 1 saturated heterocycles. The zero-order valence-electron chi connectivity index (χ0n) is 22.6. The van der Waals surface area contributed by atoms with Crippen molar-refractivity contribution in [2.45, 2.75) is 75.8 Å². The smallest absolute Gasteiger partial charge is 0.254 e. The van der Waals surface area contributed by atoms with Crippen molar-refractivity contribution in [3.63, 3.8) is 0 Å². The van der Waals surface area contributed by atoms with Crippen LogP contribution in [-0.4, -0.2) is 60.2 Å². The molecule has 1 aliphatic carbocycles. The van der Waals surface area contributed by atoms with Crippen LogP contribution in [0.25, 0.3) is 0 Å². The molecule has 206 valence electrons. The standard InChI is InChI=1S/C28H36ClN3O5S/c1-15-10-23(38-5)21(27(34)31-15)14-30-26(33)20-13-22(29)25-24(16(20)2)36-28(3,37-25)17-6-8-32(9-7-17)18-11-19(12-18)35-4/h10,13,17-19H,6-9,11-12,14H2,1-5H3,(H,30,33)(H,31,34)/t18?,19?,28-/m1/s1. The molecule has 0 radical (unpaired) electrons. The number of carbonyl (C=O) groups is 1. The fourth-order valence-electron chi connectivity index (χ4n) is 5.87. The van der Waals surface area contributed by atoms with Crippen molar-refractivity contribution >= 4 is 29.3 Å². The first-order valence-electron chi connectivity index (χ1n) is 13.2. The second-order valence-electron chi connectivity index (χ2n) is 10.7. The van der Waals surface area contributed by atoms with Crippen LogP contribution < -0.4 is 20.3 Å². The van der Waals surface area contributed by atoms with Crippen LogP contribution in [0.4, 0.5) is 0 Å². The Balaban J connectivity index is 1.27. The lowest BCUT2D eigenvalue weighted by Gasteiger charge is -2.46. The van der Waals surface area contributed by atoms with E-state index in [-0.39, 0.29) is 23.9 Å². The summed E-state index contributed by atoms with van der Waals surface area (Å²) in [5.74, 6) is 0.0597. The molecule has 1 aromatic carbocycles. The van der Waals surface area contributed by atoms with Crippen LogP contribution >= 0.6 is 23.4 Å². The van der Waals surface area contributed by atoms with E-state index in [1.165, 1.54) is 11.8 Å². The van der Waals surface area contributed by atoms with E-state index in [0.717, 1.165) is 49.4 Å². The molecule has 0 spiro atoms. The molecular formula is C28H36ClN3O5S. The summed E-state index contributed by atoms with van der Waals surface area (Å²) in [5.41, 5.74) is 2.19. The number of H-pyrrole nitrogens is 1. The molecule has 0 unspecified atom stereocenters. The van der Waals surface area contributed by atoms with Gasteiger partial charge in [-0.25, -0.2) is 0 Å². The fourth-order valence-corrected chi connectivity index (χ4v) is 6.80. The number of ether oxygens (including phenoxy) is 3. The van der Waals surface area contributed by atoms with Gasteiger partial charge < -0.3 is 29.4 Å². The van der Waals surface area contributed by atoms with Crippen molar-refractivity contribution in [1.29, 1.82) is 0 Å². The van der Waals surface area contributed by atoms with Gasteiger partial charge in [0.1, 0.15) is 0 Å². The van der Waals surface area contributed by atoms with Crippen molar-refractivity contribution in [3.05, 3.63) is 49.9 Å². The van der Waals surface area contributed by atoms with Gasteiger partial charge in [0.15, 0.2) is 11.5 Å². The maximum absolute atomic E-state index is 13.2. The number of halogens is 1. The first kappa shape index (κ1) is 27.4. The van der Waals surface area contributed by atoms with Crippen LogP contribution in [0.15, 0.2) is 21.8 Å². The first-order valence-corrected chi connectivity index (χ1v) is 14.8. The average Bonchev–Trinajstić information content (AvgIpc) is 3.24. The van der Waals surface area contributed by atoms with E-state index in [1.807, 2.05) is 33.1 Å². The normalized spacial score (nSPS) is 25.3. The second-order valence-corrected chi connectivity index (χ2v) is 12.0. The minimum atomic E-state index is -0.838. The summed E-state index contributed by atoms with van der Waals surface area (Å²) in [6, 6.07) is 4.14. The number of aromatic nitrogens is 1. The molecule has 38 heavy (non-hydrogen) atoms. The van der Waals surface area contributed by atoms with E-state index >= 15 is 0 Å². The van der Waals surface area contributed by atoms with Crippen LogP contribution in [-0.2, 0) is 11.3 Å². The number of fused-ring (bicyclic) bond motifs is 1. The summed E-state index contributed by atoms with van der Waals surface area (Å²) in [4.78, 5) is 31.9. The summed E-state index contributed by atoms with van der Waals surface area (Å²) in [5, 5.41) is 3.23. The third-order valence-corrected chi connectivity index (χ3v) is 9.44. The number of aryl methyl sites for hydroxylation is 1. The maximum atomic E-state index is 13.2. The lowest BCUT2D eigenvalue weighted by molar-refractivity contribution is -0.131. The average molecular weight is 562 g/mol. The van der Waals surface area contributed by atoms with Crippen molar-refractivity contribution in [3.8, 4) is 11.5 Å². The Hall–Kier alpha value is -2.20. The number of hydrogen-bond donors (Lipinski definition) is 2. The number of piperidine rings is 1. The van der Waals surface area contributed by atoms with E-state index in [4.69, 9.17) is 25.8 Å². The number of nitrogens with zero attached hydrogens (tertiary/aromatic N) is 1. The van der Waals surface area contributed by atoms with Gasteiger partial charge in [0.2, 0.25) is 0 Å². The SMILES string of the molecule is COC1CC(N2CCC([C@@]3(C)Oc4c(Cl)cc(C(=O)NCc5c(SC)cc(C)[nH]c5=O)c(C)c4O3)CC2)C1. The Labute approximate surface area is 232 Å². The van der Waals surface area contributed by atoms with Gasteiger partial charge in [0.05, 0.1) is 11.1 Å². The van der Waals surface area contributed by atoms with E-state index in [2.05, 4.69) is 15.2 Å². The lowest BCUT2D eigenvalue weighted by Crippen LogP contribution is -2.54. The Morgan fingerprint density at radius 3 is 2.58 bits per heavy atom. The van der Waals surface area contributed by atoms with Crippen molar-refractivity contribution in [2.75, 3.05) is 26.5 Å². The highest BCUT2D eigenvalue weighted by atomic mass is 35.5. The summed E-state index contributed by atoms with van der Waals surface area (Å²) in [6.07, 6.45) is 6.44. The molecular weight excluding hydrogens is 526 g/mol. The van der Waals surface area contributed by atoms with Gasteiger partial charge in [-0.3, -0.25) is 9.59 Å². The highest BCUT2D eigenvalue weighted by Gasteiger charge is 2.48. The van der Waals surface area contributed by atoms with E-state index in [9.17, 15) is 9.59 Å². The number of nitrogens with one attached hydrogen (secondary N) is 2. The fraction of sp³-hybridized carbons (Fsp3) is 0.571. The zero-order chi connectivity index (χ0) is 27.2. The number of benzene rings is 1. The Morgan fingerprint density at radius 2 is 1.92 bits per heavy atom. The molecule has 3 aliphatic rings. The highest BCUT2D eigenvalue weighted by Crippen LogP contribution is 2.51. The summed E-state index contributed by atoms with van der Waals surface area (Å²) in [6.45, 7) is 7.77. The number of likely N-dealkylation sites (tertiary alicyclic amines) is 1. The molecule has 10 heteroatoms. The maximum Gasteiger partial charge on any atom is 0.254 e. The van der Waals surface area contributed by atoms with Crippen LogP contribution in [0.5, 0.6) is 11.5 Å². The van der Waals surface area contributed by atoms with E-state index in [0.29, 0.717) is 45.4 Å². The molecule has 2 fully saturated rings. The third-order valence-electron chi connectivity index (χ3n) is 8.36. The van der Waals surface area contributed by atoms with Crippen molar-refractivity contribution in [1.82, 2.24) is 15.2 Å². The molecule has 2 aliphatic heterocycles. The number of aromatic amines is 1. The molecule has 1 atom stereocenters. The number of amides is 1. The van der Waals surface area contributed by atoms with Gasteiger partial charge >= 0.3 is 0 Å².